The predicted octanol–water partition coefficient (Wildman–Crippen LogP) is 0.859. The predicted molar refractivity (Wildman–Crippen MR) is 78.6 cm³/mol. The summed E-state index contributed by atoms with van der Waals surface area (Å²) < 4.78 is 5.58. The van der Waals surface area contributed by atoms with Crippen LogP contribution in [0.25, 0.3) is 0 Å². The minimum absolute atomic E-state index is 0.0353. The third-order valence-corrected chi connectivity index (χ3v) is 3.60. The van der Waals surface area contributed by atoms with Gasteiger partial charge in [-0.1, -0.05) is 12.1 Å². The fraction of sp³-hybridized carbons (Fsp3) is 0.533. The lowest BCUT2D eigenvalue weighted by atomic mass is 10.1. The second-order valence-electron chi connectivity index (χ2n) is 5.33. The van der Waals surface area contributed by atoms with Crippen molar-refractivity contribution in [1.29, 1.82) is 0 Å². The number of benzene rings is 1. The van der Waals surface area contributed by atoms with Crippen molar-refractivity contribution in [2.24, 2.45) is 5.73 Å². The van der Waals surface area contributed by atoms with Crippen molar-refractivity contribution in [2.45, 2.75) is 13.0 Å². The molecule has 1 aromatic rings. The van der Waals surface area contributed by atoms with Crippen molar-refractivity contribution in [3.63, 3.8) is 0 Å². The molecule has 1 aliphatic rings. The number of nitrogens with zero attached hydrogens (tertiary/aromatic N) is 2. The summed E-state index contributed by atoms with van der Waals surface area (Å²) in [6.45, 7) is 5.41. The van der Waals surface area contributed by atoms with Crippen LogP contribution in [0.5, 0.6) is 5.75 Å². The summed E-state index contributed by atoms with van der Waals surface area (Å²) >= 11 is 0. The lowest BCUT2D eigenvalue weighted by Crippen LogP contribution is -2.48. The Bertz CT molecular complexity index is 454. The lowest BCUT2D eigenvalue weighted by Gasteiger charge is -2.32. The SMILES string of the molecule is C[C@H](N)c1cccc(OCC(=O)N2CCN(C)CC2)c1. The molecule has 1 amide bonds. The molecular formula is C15H23N3O2. The number of nitrogens with two attached hydrogens (primary N) is 1. The maximum Gasteiger partial charge on any atom is 0.260 e. The average Bonchev–Trinajstić information content (AvgIpc) is 2.46. The van der Waals surface area contributed by atoms with E-state index in [9.17, 15) is 4.79 Å². The van der Waals surface area contributed by atoms with Crippen LogP contribution in [0.15, 0.2) is 24.3 Å². The Hall–Kier alpha value is -1.59. The maximum absolute atomic E-state index is 12.1. The molecule has 20 heavy (non-hydrogen) atoms. The third kappa shape index (κ3) is 3.95. The monoisotopic (exact) mass is 277 g/mol. The summed E-state index contributed by atoms with van der Waals surface area (Å²) in [6.07, 6.45) is 0. The smallest absolute Gasteiger partial charge is 0.260 e. The first-order chi connectivity index (χ1) is 9.56. The van der Waals surface area contributed by atoms with Gasteiger partial charge >= 0.3 is 0 Å². The number of hydrogen-bond donors (Lipinski definition) is 1. The van der Waals surface area contributed by atoms with Crippen molar-refractivity contribution in [3.8, 4) is 5.75 Å². The van der Waals surface area contributed by atoms with Crippen LogP contribution in [0.1, 0.15) is 18.5 Å². The highest BCUT2D eigenvalue weighted by Crippen LogP contribution is 2.17. The molecule has 0 saturated carbocycles. The van der Waals surface area contributed by atoms with Gasteiger partial charge in [0.05, 0.1) is 0 Å². The molecule has 0 aromatic heterocycles. The molecule has 2 rings (SSSR count). The van der Waals surface area contributed by atoms with E-state index in [0.717, 1.165) is 31.7 Å². The second-order valence-corrected chi connectivity index (χ2v) is 5.33. The summed E-state index contributed by atoms with van der Waals surface area (Å²) in [7, 11) is 2.07. The first kappa shape index (κ1) is 14.8. The molecule has 1 atom stereocenters. The molecule has 0 radical (unpaired) electrons. The Morgan fingerprint density at radius 1 is 1.35 bits per heavy atom. The van der Waals surface area contributed by atoms with Crippen LogP contribution >= 0.6 is 0 Å². The molecule has 0 unspecified atom stereocenters. The highest BCUT2D eigenvalue weighted by atomic mass is 16.5. The first-order valence-electron chi connectivity index (χ1n) is 7.01. The maximum atomic E-state index is 12.1. The van der Waals surface area contributed by atoms with Gasteiger partial charge in [0.15, 0.2) is 6.61 Å². The van der Waals surface area contributed by atoms with Gasteiger partial charge in [0, 0.05) is 32.2 Å². The van der Waals surface area contributed by atoms with E-state index in [0.29, 0.717) is 5.75 Å². The van der Waals surface area contributed by atoms with E-state index < -0.39 is 0 Å². The molecule has 2 N–H and O–H groups in total. The highest BCUT2D eigenvalue weighted by molar-refractivity contribution is 5.77. The van der Waals surface area contributed by atoms with E-state index in [4.69, 9.17) is 10.5 Å². The fourth-order valence-electron chi connectivity index (χ4n) is 2.18. The number of carbonyl (C=O) groups excluding carboxylic acids is 1. The Kier molecular flexibility index (Phi) is 4.98. The van der Waals surface area contributed by atoms with Gasteiger partial charge in [0.1, 0.15) is 5.75 Å². The van der Waals surface area contributed by atoms with E-state index >= 15 is 0 Å². The molecule has 1 aromatic carbocycles. The minimum atomic E-state index is -0.0353. The van der Waals surface area contributed by atoms with E-state index in [1.165, 1.54) is 0 Å². The Labute approximate surface area is 120 Å². The van der Waals surface area contributed by atoms with Gasteiger partial charge in [0.2, 0.25) is 0 Å². The van der Waals surface area contributed by atoms with Gasteiger partial charge in [-0.2, -0.15) is 0 Å². The zero-order chi connectivity index (χ0) is 14.5. The van der Waals surface area contributed by atoms with E-state index in [1.807, 2.05) is 36.1 Å². The number of hydrogen-bond acceptors (Lipinski definition) is 4. The zero-order valence-corrected chi connectivity index (χ0v) is 12.2. The van der Waals surface area contributed by atoms with Gasteiger partial charge in [-0.25, -0.2) is 0 Å². The molecule has 1 heterocycles. The van der Waals surface area contributed by atoms with Crippen LogP contribution < -0.4 is 10.5 Å². The Morgan fingerprint density at radius 3 is 2.70 bits per heavy atom. The highest BCUT2D eigenvalue weighted by Gasteiger charge is 2.19. The second kappa shape index (κ2) is 6.72. The van der Waals surface area contributed by atoms with Gasteiger partial charge in [-0.3, -0.25) is 4.79 Å². The third-order valence-electron chi connectivity index (χ3n) is 3.60. The number of rotatable bonds is 4. The molecule has 5 nitrogen and oxygen atoms in total. The van der Waals surface area contributed by atoms with Gasteiger partial charge in [0.25, 0.3) is 5.91 Å². The van der Waals surface area contributed by atoms with Crippen molar-refractivity contribution in [3.05, 3.63) is 29.8 Å². The Balaban J connectivity index is 1.85. The topological polar surface area (TPSA) is 58.8 Å². The molecule has 1 saturated heterocycles. The largest absolute Gasteiger partial charge is 0.484 e. The van der Waals surface area contributed by atoms with Crippen LogP contribution in [0.4, 0.5) is 0 Å². The number of likely N-dealkylation sites (N-methyl/N-ethyl adjacent to an activating group) is 1. The van der Waals surface area contributed by atoms with Gasteiger partial charge in [-0.05, 0) is 31.7 Å². The van der Waals surface area contributed by atoms with E-state index in [1.54, 1.807) is 0 Å². The molecule has 1 aliphatic heterocycles. The normalized spacial score (nSPS) is 17.9. The molecule has 1 fully saturated rings. The molecule has 0 bridgehead atoms. The standard InChI is InChI=1S/C15H23N3O2/c1-12(16)13-4-3-5-14(10-13)20-11-15(19)18-8-6-17(2)7-9-18/h3-5,10,12H,6-9,11,16H2,1-2H3/t12-/m0/s1. The van der Waals surface area contributed by atoms with Crippen molar-refractivity contribution in [1.82, 2.24) is 9.80 Å². The van der Waals surface area contributed by atoms with E-state index in [2.05, 4.69) is 11.9 Å². The summed E-state index contributed by atoms with van der Waals surface area (Å²) in [4.78, 5) is 16.1. The van der Waals surface area contributed by atoms with Crippen molar-refractivity contribution in [2.75, 3.05) is 39.8 Å². The molecule has 5 heteroatoms. The summed E-state index contributed by atoms with van der Waals surface area (Å²) in [6, 6.07) is 7.56. The minimum Gasteiger partial charge on any atom is -0.484 e. The summed E-state index contributed by atoms with van der Waals surface area (Å²) in [5.41, 5.74) is 6.84. The van der Waals surface area contributed by atoms with Crippen LogP contribution in [-0.4, -0.2) is 55.5 Å². The quantitative estimate of drug-likeness (QED) is 0.887. The number of ether oxygens (including phenoxy) is 1. The Morgan fingerprint density at radius 2 is 2.05 bits per heavy atom. The molecule has 0 aliphatic carbocycles. The van der Waals surface area contributed by atoms with Crippen molar-refractivity contribution >= 4 is 5.91 Å². The van der Waals surface area contributed by atoms with Crippen LogP contribution in [-0.2, 0) is 4.79 Å². The fourth-order valence-corrected chi connectivity index (χ4v) is 2.18. The average molecular weight is 277 g/mol. The molecule has 0 spiro atoms. The molecule has 110 valence electrons. The summed E-state index contributed by atoms with van der Waals surface area (Å²) in [5, 5.41) is 0. The summed E-state index contributed by atoms with van der Waals surface area (Å²) in [5.74, 6) is 0.742. The molecular weight excluding hydrogens is 254 g/mol. The van der Waals surface area contributed by atoms with Crippen LogP contribution in [0.2, 0.25) is 0 Å². The first-order valence-corrected chi connectivity index (χ1v) is 7.01. The van der Waals surface area contributed by atoms with Crippen LogP contribution in [0, 0.1) is 0 Å². The van der Waals surface area contributed by atoms with Crippen LogP contribution in [0.3, 0.4) is 0 Å². The zero-order valence-electron chi connectivity index (χ0n) is 12.2. The van der Waals surface area contributed by atoms with Gasteiger partial charge < -0.3 is 20.3 Å². The van der Waals surface area contributed by atoms with Gasteiger partial charge in [-0.15, -0.1) is 0 Å². The van der Waals surface area contributed by atoms with E-state index in [-0.39, 0.29) is 18.6 Å². The number of amides is 1. The number of piperazine rings is 1. The van der Waals surface area contributed by atoms with Crippen molar-refractivity contribution < 1.29 is 9.53 Å². The lowest BCUT2D eigenvalue weighted by molar-refractivity contribution is -0.134. The number of carbonyl (C=O) groups is 1.